The molecule has 0 amide bonds. The number of ether oxygens (including phenoxy) is 1. The molecule has 19 heavy (non-hydrogen) atoms. The Morgan fingerprint density at radius 1 is 1.26 bits per heavy atom. The zero-order chi connectivity index (χ0) is 13.3. The van der Waals surface area contributed by atoms with Crippen molar-refractivity contribution < 1.29 is 4.74 Å². The van der Waals surface area contributed by atoms with Crippen LogP contribution in [-0.2, 0) is 4.74 Å². The summed E-state index contributed by atoms with van der Waals surface area (Å²) in [5.41, 5.74) is 9.02. The molecule has 3 N–H and O–H groups in total. The molecule has 4 heteroatoms. The maximum absolute atomic E-state index is 6.26. The zero-order valence-corrected chi connectivity index (χ0v) is 11.1. The lowest BCUT2D eigenvalue weighted by molar-refractivity contribution is 0.0658. The first-order valence-electron chi connectivity index (χ1n) is 6.67. The fourth-order valence-corrected chi connectivity index (χ4v) is 2.56. The van der Waals surface area contributed by atoms with Gasteiger partial charge in [-0.2, -0.15) is 0 Å². The van der Waals surface area contributed by atoms with Gasteiger partial charge in [0.1, 0.15) is 0 Å². The molecule has 3 rings (SSSR count). The van der Waals surface area contributed by atoms with Crippen molar-refractivity contribution in [3.05, 3.63) is 30.5 Å². The van der Waals surface area contributed by atoms with Gasteiger partial charge in [0.2, 0.25) is 0 Å². The van der Waals surface area contributed by atoms with Gasteiger partial charge in [0.15, 0.2) is 0 Å². The van der Waals surface area contributed by atoms with E-state index < -0.39 is 0 Å². The Kier molecular flexibility index (Phi) is 3.03. The van der Waals surface area contributed by atoms with Gasteiger partial charge in [-0.05, 0) is 44.0 Å². The van der Waals surface area contributed by atoms with Gasteiger partial charge < -0.3 is 15.8 Å². The first kappa shape index (κ1) is 12.2. The largest absolute Gasteiger partial charge is 0.397 e. The van der Waals surface area contributed by atoms with Gasteiger partial charge in [-0.3, -0.25) is 4.98 Å². The molecule has 2 heterocycles. The van der Waals surface area contributed by atoms with E-state index in [2.05, 4.69) is 17.2 Å². The number of anilines is 2. The molecule has 4 nitrogen and oxygen atoms in total. The van der Waals surface area contributed by atoms with Gasteiger partial charge in [-0.1, -0.05) is 0 Å². The quantitative estimate of drug-likeness (QED) is 0.812. The van der Waals surface area contributed by atoms with Crippen LogP contribution in [0, 0.1) is 0 Å². The van der Waals surface area contributed by atoms with Crippen LogP contribution >= 0.6 is 0 Å². The molecule has 1 aliphatic rings. The van der Waals surface area contributed by atoms with Crippen molar-refractivity contribution in [1.82, 2.24) is 4.98 Å². The summed E-state index contributed by atoms with van der Waals surface area (Å²) in [6.45, 7) is 3.83. The fourth-order valence-electron chi connectivity index (χ4n) is 2.56. The highest BCUT2D eigenvalue weighted by molar-refractivity contribution is 5.96. The maximum atomic E-state index is 6.26. The average molecular weight is 257 g/mol. The van der Waals surface area contributed by atoms with Crippen LogP contribution in [0.1, 0.15) is 19.8 Å². The molecule has 0 atom stereocenters. The Labute approximate surface area is 113 Å². The minimum atomic E-state index is 0.0578. The number of hydrogen-bond acceptors (Lipinski definition) is 4. The number of nitrogens with two attached hydrogens (primary N) is 1. The van der Waals surface area contributed by atoms with Gasteiger partial charge in [-0.15, -0.1) is 0 Å². The highest BCUT2D eigenvalue weighted by Gasteiger charge is 2.27. The van der Waals surface area contributed by atoms with Crippen LogP contribution in [0.25, 0.3) is 10.9 Å². The number of nitrogens with zero attached hydrogens (tertiary/aromatic N) is 1. The van der Waals surface area contributed by atoms with Crippen molar-refractivity contribution in [3.63, 3.8) is 0 Å². The predicted molar refractivity (Wildman–Crippen MR) is 78.2 cm³/mol. The second-order valence-corrected chi connectivity index (χ2v) is 5.39. The Morgan fingerprint density at radius 3 is 2.84 bits per heavy atom. The van der Waals surface area contributed by atoms with E-state index in [0.717, 1.165) is 48.3 Å². The van der Waals surface area contributed by atoms with Crippen molar-refractivity contribution in [3.8, 4) is 0 Å². The third-order valence-corrected chi connectivity index (χ3v) is 3.86. The van der Waals surface area contributed by atoms with Crippen LogP contribution in [0.3, 0.4) is 0 Å². The number of benzene rings is 1. The molecule has 0 spiro atoms. The van der Waals surface area contributed by atoms with E-state index in [4.69, 9.17) is 10.5 Å². The molecular formula is C15H19N3O. The van der Waals surface area contributed by atoms with E-state index in [9.17, 15) is 0 Å². The fraction of sp³-hybridized carbons (Fsp3) is 0.400. The van der Waals surface area contributed by atoms with Crippen LogP contribution in [-0.4, -0.2) is 23.7 Å². The van der Waals surface area contributed by atoms with Crippen molar-refractivity contribution in [1.29, 1.82) is 0 Å². The van der Waals surface area contributed by atoms with Gasteiger partial charge in [0.25, 0.3) is 0 Å². The molecule has 2 aromatic rings. The van der Waals surface area contributed by atoms with Gasteiger partial charge >= 0.3 is 0 Å². The summed E-state index contributed by atoms with van der Waals surface area (Å²) in [6.07, 6.45) is 3.78. The molecule has 1 saturated heterocycles. The Bertz CT molecular complexity index is 591. The molecule has 1 aromatic carbocycles. The lowest BCUT2D eigenvalue weighted by atomic mass is 9.92. The summed E-state index contributed by atoms with van der Waals surface area (Å²) in [5.74, 6) is 0. The zero-order valence-electron chi connectivity index (χ0n) is 11.1. The minimum Gasteiger partial charge on any atom is -0.397 e. The summed E-state index contributed by atoms with van der Waals surface area (Å²) in [4.78, 5) is 4.32. The van der Waals surface area contributed by atoms with E-state index in [1.54, 1.807) is 6.20 Å². The summed E-state index contributed by atoms with van der Waals surface area (Å²) >= 11 is 0. The first-order valence-corrected chi connectivity index (χ1v) is 6.67. The normalized spacial score (nSPS) is 18.4. The summed E-state index contributed by atoms with van der Waals surface area (Å²) in [5, 5.41) is 4.59. The third kappa shape index (κ3) is 2.36. The Morgan fingerprint density at radius 2 is 2.05 bits per heavy atom. The van der Waals surface area contributed by atoms with Crippen LogP contribution < -0.4 is 11.1 Å². The van der Waals surface area contributed by atoms with E-state index in [1.807, 2.05) is 24.3 Å². The van der Waals surface area contributed by atoms with Crippen LogP contribution in [0.4, 0.5) is 11.4 Å². The number of nitrogen functional groups attached to an aromatic ring is 1. The van der Waals surface area contributed by atoms with Crippen LogP contribution in [0.15, 0.2) is 30.5 Å². The number of rotatable bonds is 2. The molecule has 0 radical (unpaired) electrons. The molecule has 0 aliphatic carbocycles. The standard InChI is InChI=1S/C15H19N3O/c1-15(6-9-19-10-7-15)18-13-5-4-12-11(14(13)16)3-2-8-17-12/h2-5,8,18H,6-7,9-10,16H2,1H3. The number of fused-ring (bicyclic) bond motifs is 1. The third-order valence-electron chi connectivity index (χ3n) is 3.86. The highest BCUT2D eigenvalue weighted by atomic mass is 16.5. The number of pyridine rings is 1. The molecule has 1 fully saturated rings. The lowest BCUT2D eigenvalue weighted by Crippen LogP contribution is -2.40. The lowest BCUT2D eigenvalue weighted by Gasteiger charge is -2.36. The first-order chi connectivity index (χ1) is 9.18. The van der Waals surface area contributed by atoms with E-state index in [1.165, 1.54) is 0 Å². The highest BCUT2D eigenvalue weighted by Crippen LogP contribution is 2.32. The van der Waals surface area contributed by atoms with E-state index >= 15 is 0 Å². The topological polar surface area (TPSA) is 60.2 Å². The molecule has 1 aromatic heterocycles. The van der Waals surface area contributed by atoms with Gasteiger partial charge in [-0.25, -0.2) is 0 Å². The van der Waals surface area contributed by atoms with Gasteiger partial charge in [0.05, 0.1) is 16.9 Å². The number of nitrogens with one attached hydrogen (secondary N) is 1. The summed E-state index contributed by atoms with van der Waals surface area (Å²) < 4.78 is 5.42. The van der Waals surface area contributed by atoms with Crippen LogP contribution in [0.5, 0.6) is 0 Å². The molecule has 0 unspecified atom stereocenters. The van der Waals surface area contributed by atoms with Crippen molar-refractivity contribution in [2.75, 3.05) is 24.3 Å². The molecule has 1 aliphatic heterocycles. The second-order valence-electron chi connectivity index (χ2n) is 5.39. The Balaban J connectivity index is 1.94. The average Bonchev–Trinajstić information content (AvgIpc) is 2.43. The van der Waals surface area contributed by atoms with Crippen molar-refractivity contribution in [2.45, 2.75) is 25.3 Å². The molecule has 0 saturated carbocycles. The van der Waals surface area contributed by atoms with E-state index in [-0.39, 0.29) is 5.54 Å². The SMILES string of the molecule is CC1(Nc2ccc3ncccc3c2N)CCOCC1. The Hall–Kier alpha value is -1.81. The second kappa shape index (κ2) is 4.70. The maximum Gasteiger partial charge on any atom is 0.0724 e. The van der Waals surface area contributed by atoms with Crippen molar-refractivity contribution >= 4 is 22.3 Å². The molecule has 100 valence electrons. The summed E-state index contributed by atoms with van der Waals surface area (Å²) in [6, 6.07) is 7.95. The van der Waals surface area contributed by atoms with Gasteiger partial charge in [0, 0.05) is 30.3 Å². The summed E-state index contributed by atoms with van der Waals surface area (Å²) in [7, 11) is 0. The monoisotopic (exact) mass is 257 g/mol. The van der Waals surface area contributed by atoms with Crippen molar-refractivity contribution in [2.24, 2.45) is 0 Å². The number of hydrogen-bond donors (Lipinski definition) is 2. The molecular weight excluding hydrogens is 238 g/mol. The smallest absolute Gasteiger partial charge is 0.0724 e. The minimum absolute atomic E-state index is 0.0578. The van der Waals surface area contributed by atoms with E-state index in [0.29, 0.717) is 0 Å². The number of aromatic nitrogens is 1. The molecule has 0 bridgehead atoms. The van der Waals surface area contributed by atoms with Crippen LogP contribution in [0.2, 0.25) is 0 Å². The predicted octanol–water partition coefficient (Wildman–Crippen LogP) is 2.80.